The molecule has 0 saturated carbocycles. The molecule has 1 aromatic rings. The van der Waals surface area contributed by atoms with E-state index < -0.39 is 15.9 Å². The van der Waals surface area contributed by atoms with Gasteiger partial charge >= 0.3 is 0 Å². The van der Waals surface area contributed by atoms with Gasteiger partial charge in [0.1, 0.15) is 0 Å². The SMILES string of the molecule is CCS(=O)(=O)C[C@@H](O)c1cccc(C)c1. The summed E-state index contributed by atoms with van der Waals surface area (Å²) in [5.41, 5.74) is 1.67. The smallest absolute Gasteiger partial charge is 0.152 e. The molecule has 0 spiro atoms. The Morgan fingerprint density at radius 2 is 2.07 bits per heavy atom. The summed E-state index contributed by atoms with van der Waals surface area (Å²) in [5.74, 6) is -0.136. The van der Waals surface area contributed by atoms with Gasteiger partial charge < -0.3 is 5.11 Å². The van der Waals surface area contributed by atoms with Crippen LogP contribution in [0, 0.1) is 6.92 Å². The van der Waals surface area contributed by atoms with Gasteiger partial charge in [0, 0.05) is 5.75 Å². The number of benzene rings is 1. The zero-order valence-electron chi connectivity index (χ0n) is 8.97. The molecule has 0 aromatic heterocycles. The average Bonchev–Trinajstić information content (AvgIpc) is 2.17. The van der Waals surface area contributed by atoms with Crippen LogP contribution >= 0.6 is 0 Å². The molecule has 4 heteroatoms. The number of aliphatic hydroxyl groups excluding tert-OH is 1. The first kappa shape index (κ1) is 12.2. The van der Waals surface area contributed by atoms with E-state index in [0.29, 0.717) is 5.56 Å². The standard InChI is InChI=1S/C11H16O3S/c1-3-15(13,14)8-11(12)10-6-4-5-9(2)7-10/h4-7,11-12H,3,8H2,1-2H3/t11-/m1/s1. The highest BCUT2D eigenvalue weighted by atomic mass is 32.2. The number of hydrogen-bond acceptors (Lipinski definition) is 3. The summed E-state index contributed by atoms with van der Waals surface area (Å²) in [7, 11) is -3.13. The monoisotopic (exact) mass is 228 g/mol. The lowest BCUT2D eigenvalue weighted by molar-refractivity contribution is 0.201. The fourth-order valence-electron chi connectivity index (χ4n) is 1.33. The van der Waals surface area contributed by atoms with Crippen molar-refractivity contribution in [2.24, 2.45) is 0 Å². The zero-order chi connectivity index (χ0) is 11.5. The van der Waals surface area contributed by atoms with Crippen molar-refractivity contribution < 1.29 is 13.5 Å². The van der Waals surface area contributed by atoms with Gasteiger partial charge in [0.15, 0.2) is 9.84 Å². The van der Waals surface area contributed by atoms with E-state index in [-0.39, 0.29) is 11.5 Å². The van der Waals surface area contributed by atoms with Crippen molar-refractivity contribution in [2.45, 2.75) is 20.0 Å². The maximum atomic E-state index is 11.3. The van der Waals surface area contributed by atoms with Crippen molar-refractivity contribution in [1.82, 2.24) is 0 Å². The minimum Gasteiger partial charge on any atom is -0.387 e. The molecule has 0 radical (unpaired) electrons. The molecule has 15 heavy (non-hydrogen) atoms. The van der Waals surface area contributed by atoms with Gasteiger partial charge in [-0.1, -0.05) is 36.8 Å². The summed E-state index contributed by atoms with van der Waals surface area (Å²) in [6.45, 7) is 3.49. The Labute approximate surface area is 90.7 Å². The number of aliphatic hydroxyl groups is 1. The summed E-state index contributed by atoms with van der Waals surface area (Å²) in [6.07, 6.45) is -0.921. The lowest BCUT2D eigenvalue weighted by Gasteiger charge is -2.11. The molecular weight excluding hydrogens is 212 g/mol. The Morgan fingerprint density at radius 3 is 2.60 bits per heavy atom. The van der Waals surface area contributed by atoms with Gasteiger partial charge in [0.2, 0.25) is 0 Å². The van der Waals surface area contributed by atoms with Crippen LogP contribution in [-0.2, 0) is 9.84 Å². The lowest BCUT2D eigenvalue weighted by Crippen LogP contribution is -2.16. The molecule has 84 valence electrons. The quantitative estimate of drug-likeness (QED) is 0.849. The van der Waals surface area contributed by atoms with Crippen molar-refractivity contribution in [3.63, 3.8) is 0 Å². The molecule has 0 saturated heterocycles. The molecule has 0 unspecified atom stereocenters. The van der Waals surface area contributed by atoms with E-state index in [1.165, 1.54) is 0 Å². The van der Waals surface area contributed by atoms with Gasteiger partial charge in [-0.05, 0) is 12.5 Å². The van der Waals surface area contributed by atoms with E-state index in [9.17, 15) is 13.5 Å². The summed E-state index contributed by atoms with van der Waals surface area (Å²) >= 11 is 0. The number of rotatable bonds is 4. The van der Waals surface area contributed by atoms with Crippen molar-refractivity contribution in [3.8, 4) is 0 Å². The number of hydrogen-bond donors (Lipinski definition) is 1. The summed E-state index contributed by atoms with van der Waals surface area (Å²) in [6, 6.07) is 7.26. The van der Waals surface area contributed by atoms with Crippen LogP contribution in [0.1, 0.15) is 24.2 Å². The van der Waals surface area contributed by atoms with E-state index in [4.69, 9.17) is 0 Å². The average molecular weight is 228 g/mol. The second-order valence-electron chi connectivity index (χ2n) is 3.63. The van der Waals surface area contributed by atoms with Crippen LogP contribution in [0.15, 0.2) is 24.3 Å². The highest BCUT2D eigenvalue weighted by Crippen LogP contribution is 2.16. The Balaban J connectivity index is 2.82. The van der Waals surface area contributed by atoms with E-state index >= 15 is 0 Å². The largest absolute Gasteiger partial charge is 0.387 e. The van der Waals surface area contributed by atoms with E-state index in [2.05, 4.69) is 0 Å². The topological polar surface area (TPSA) is 54.4 Å². The van der Waals surface area contributed by atoms with E-state index in [1.807, 2.05) is 19.1 Å². The van der Waals surface area contributed by atoms with Gasteiger partial charge in [0.05, 0.1) is 11.9 Å². The number of sulfone groups is 1. The predicted octanol–water partition coefficient (Wildman–Crippen LogP) is 1.46. The highest BCUT2D eigenvalue weighted by Gasteiger charge is 2.16. The minimum absolute atomic E-state index is 0.0654. The first-order valence-corrected chi connectivity index (χ1v) is 6.72. The van der Waals surface area contributed by atoms with E-state index in [0.717, 1.165) is 5.56 Å². The van der Waals surface area contributed by atoms with Crippen LogP contribution in [0.2, 0.25) is 0 Å². The Hall–Kier alpha value is -0.870. The molecule has 0 bridgehead atoms. The molecule has 1 atom stereocenters. The summed E-state index contributed by atoms with van der Waals surface area (Å²) < 4.78 is 22.6. The summed E-state index contributed by atoms with van der Waals surface area (Å²) in [4.78, 5) is 0. The van der Waals surface area contributed by atoms with E-state index in [1.54, 1.807) is 19.1 Å². The molecule has 0 aliphatic rings. The van der Waals surface area contributed by atoms with Gasteiger partial charge in [0.25, 0.3) is 0 Å². The molecule has 3 nitrogen and oxygen atoms in total. The normalized spacial score (nSPS) is 13.8. The molecule has 0 fully saturated rings. The fraction of sp³-hybridized carbons (Fsp3) is 0.455. The minimum atomic E-state index is -3.13. The Morgan fingerprint density at radius 1 is 1.40 bits per heavy atom. The Kier molecular flexibility index (Phi) is 3.88. The van der Waals surface area contributed by atoms with Gasteiger partial charge in [-0.15, -0.1) is 0 Å². The molecule has 0 aliphatic carbocycles. The zero-order valence-corrected chi connectivity index (χ0v) is 9.79. The molecule has 0 heterocycles. The van der Waals surface area contributed by atoms with Crippen LogP contribution in [0.3, 0.4) is 0 Å². The second-order valence-corrected chi connectivity index (χ2v) is 6.03. The maximum absolute atomic E-state index is 11.3. The summed E-state index contributed by atoms with van der Waals surface area (Å²) in [5, 5.41) is 9.73. The van der Waals surface area contributed by atoms with Crippen molar-refractivity contribution in [1.29, 1.82) is 0 Å². The van der Waals surface area contributed by atoms with Gasteiger partial charge in [-0.25, -0.2) is 8.42 Å². The van der Waals surface area contributed by atoms with Crippen LogP contribution in [0.25, 0.3) is 0 Å². The molecule has 1 N–H and O–H groups in total. The van der Waals surface area contributed by atoms with Crippen molar-refractivity contribution in [3.05, 3.63) is 35.4 Å². The molecule has 0 amide bonds. The third-order valence-electron chi connectivity index (χ3n) is 2.28. The van der Waals surface area contributed by atoms with Crippen LogP contribution in [0.5, 0.6) is 0 Å². The van der Waals surface area contributed by atoms with Crippen LogP contribution in [-0.4, -0.2) is 25.0 Å². The third-order valence-corrected chi connectivity index (χ3v) is 3.98. The third kappa shape index (κ3) is 3.64. The molecule has 1 aromatic carbocycles. The van der Waals surface area contributed by atoms with Crippen LogP contribution in [0.4, 0.5) is 0 Å². The number of aryl methyl sites for hydroxylation is 1. The van der Waals surface area contributed by atoms with Crippen LogP contribution < -0.4 is 0 Å². The highest BCUT2D eigenvalue weighted by molar-refractivity contribution is 7.91. The molecule has 1 rings (SSSR count). The first-order valence-electron chi connectivity index (χ1n) is 4.89. The lowest BCUT2D eigenvalue weighted by atomic mass is 10.1. The van der Waals surface area contributed by atoms with Gasteiger partial charge in [-0.2, -0.15) is 0 Å². The maximum Gasteiger partial charge on any atom is 0.152 e. The Bertz CT molecular complexity index is 423. The second kappa shape index (κ2) is 4.77. The fourth-order valence-corrected chi connectivity index (χ4v) is 2.24. The molecule has 0 aliphatic heterocycles. The first-order chi connectivity index (χ1) is 6.94. The predicted molar refractivity (Wildman–Crippen MR) is 60.5 cm³/mol. The van der Waals surface area contributed by atoms with Crippen molar-refractivity contribution in [2.75, 3.05) is 11.5 Å². The van der Waals surface area contributed by atoms with Gasteiger partial charge in [-0.3, -0.25) is 0 Å². The van der Waals surface area contributed by atoms with Crippen molar-refractivity contribution >= 4 is 9.84 Å². The molecular formula is C11H16O3S.